The smallest absolute Gasteiger partial charge is 0.261 e. The van der Waals surface area contributed by atoms with Crippen LogP contribution in [0, 0.1) is 13.8 Å². The van der Waals surface area contributed by atoms with Gasteiger partial charge in [0.05, 0.1) is 7.11 Å². The summed E-state index contributed by atoms with van der Waals surface area (Å²) in [6, 6.07) is 9.84. The minimum Gasteiger partial charge on any atom is -0.481 e. The van der Waals surface area contributed by atoms with Gasteiger partial charge in [-0.15, -0.1) is 0 Å². The van der Waals surface area contributed by atoms with Crippen molar-refractivity contribution in [3.05, 3.63) is 52.7 Å². The van der Waals surface area contributed by atoms with Crippen LogP contribution in [-0.4, -0.2) is 24.1 Å². The van der Waals surface area contributed by atoms with E-state index in [1.165, 1.54) is 0 Å². The van der Waals surface area contributed by atoms with Crippen LogP contribution >= 0.6 is 0 Å². The van der Waals surface area contributed by atoms with E-state index in [2.05, 4.69) is 10.3 Å². The molecule has 2 aromatic rings. The quantitative estimate of drug-likeness (QED) is 0.938. The highest BCUT2D eigenvalue weighted by atomic mass is 16.5. The standard InChI is InChI=1S/C19H22N2O3/c1-12-10-13(2)21-19(23-3)15(12)11-20-18(22)17-9-8-14-6-4-5-7-16(14)24-17/h4-7,10,17H,8-9,11H2,1-3H3,(H,20,22)/t17-/m1/s1. The molecule has 1 atom stereocenters. The van der Waals surface area contributed by atoms with E-state index in [1.807, 2.05) is 44.2 Å². The van der Waals surface area contributed by atoms with Gasteiger partial charge in [0.2, 0.25) is 5.88 Å². The lowest BCUT2D eigenvalue weighted by Gasteiger charge is -2.25. The van der Waals surface area contributed by atoms with E-state index in [0.29, 0.717) is 18.8 Å². The molecule has 0 radical (unpaired) electrons. The normalized spacial score (nSPS) is 16.0. The number of methoxy groups -OCH3 is 1. The molecular weight excluding hydrogens is 304 g/mol. The molecule has 0 saturated carbocycles. The molecule has 1 N–H and O–H groups in total. The van der Waals surface area contributed by atoms with Crippen molar-refractivity contribution >= 4 is 5.91 Å². The van der Waals surface area contributed by atoms with Crippen molar-refractivity contribution in [1.29, 1.82) is 0 Å². The monoisotopic (exact) mass is 326 g/mol. The number of hydrogen-bond donors (Lipinski definition) is 1. The number of ether oxygens (including phenoxy) is 2. The number of amides is 1. The number of nitrogens with one attached hydrogen (secondary N) is 1. The second kappa shape index (κ2) is 6.91. The van der Waals surface area contributed by atoms with Gasteiger partial charge >= 0.3 is 0 Å². The zero-order valence-corrected chi connectivity index (χ0v) is 14.3. The molecule has 5 heteroatoms. The summed E-state index contributed by atoms with van der Waals surface area (Å²) in [6.07, 6.45) is 1.08. The van der Waals surface area contributed by atoms with Gasteiger partial charge in [0.25, 0.3) is 5.91 Å². The molecule has 2 heterocycles. The molecule has 0 spiro atoms. The third kappa shape index (κ3) is 3.35. The Balaban J connectivity index is 1.67. The van der Waals surface area contributed by atoms with Gasteiger partial charge in [-0.25, -0.2) is 4.98 Å². The maximum atomic E-state index is 12.5. The highest BCUT2D eigenvalue weighted by molar-refractivity contribution is 5.81. The number of rotatable bonds is 4. The Hall–Kier alpha value is -2.56. The van der Waals surface area contributed by atoms with Gasteiger partial charge < -0.3 is 14.8 Å². The van der Waals surface area contributed by atoms with Gasteiger partial charge in [-0.1, -0.05) is 18.2 Å². The second-order valence-electron chi connectivity index (χ2n) is 6.04. The van der Waals surface area contributed by atoms with Gasteiger partial charge in [0.15, 0.2) is 6.10 Å². The first kappa shape index (κ1) is 16.3. The highest BCUT2D eigenvalue weighted by Gasteiger charge is 2.26. The number of pyridine rings is 1. The predicted octanol–water partition coefficient (Wildman–Crippen LogP) is 2.72. The van der Waals surface area contributed by atoms with Crippen molar-refractivity contribution in [3.8, 4) is 11.6 Å². The summed E-state index contributed by atoms with van der Waals surface area (Å²) < 4.78 is 11.2. The lowest BCUT2D eigenvalue weighted by Crippen LogP contribution is -2.40. The van der Waals surface area contributed by atoms with E-state index in [9.17, 15) is 4.79 Å². The number of nitrogens with zero attached hydrogens (tertiary/aromatic N) is 1. The Kier molecular flexibility index (Phi) is 4.69. The topological polar surface area (TPSA) is 60.5 Å². The fraction of sp³-hybridized carbons (Fsp3) is 0.368. The SMILES string of the molecule is COc1nc(C)cc(C)c1CNC(=O)[C@H]1CCc2ccccc2O1. The molecule has 1 aromatic heterocycles. The number of aromatic nitrogens is 1. The van der Waals surface area contributed by atoms with Gasteiger partial charge in [-0.2, -0.15) is 0 Å². The molecule has 1 aliphatic heterocycles. The Morgan fingerprint density at radius 2 is 2.17 bits per heavy atom. The summed E-state index contributed by atoms with van der Waals surface area (Å²) in [5.74, 6) is 1.25. The molecule has 126 valence electrons. The third-order valence-electron chi connectivity index (χ3n) is 4.28. The number of carbonyl (C=O) groups is 1. The van der Waals surface area contributed by atoms with Crippen LogP contribution < -0.4 is 14.8 Å². The summed E-state index contributed by atoms with van der Waals surface area (Å²) >= 11 is 0. The van der Waals surface area contributed by atoms with Crippen LogP contribution in [0.5, 0.6) is 11.6 Å². The van der Waals surface area contributed by atoms with Gasteiger partial charge in [-0.05, 0) is 49.9 Å². The van der Waals surface area contributed by atoms with E-state index in [4.69, 9.17) is 9.47 Å². The number of para-hydroxylation sites is 1. The lowest BCUT2D eigenvalue weighted by atomic mass is 10.0. The van der Waals surface area contributed by atoms with Gasteiger partial charge in [0.1, 0.15) is 5.75 Å². The van der Waals surface area contributed by atoms with Crippen LogP contribution in [0.1, 0.15) is 28.8 Å². The molecule has 5 nitrogen and oxygen atoms in total. The van der Waals surface area contributed by atoms with Crippen molar-refractivity contribution in [3.63, 3.8) is 0 Å². The second-order valence-corrected chi connectivity index (χ2v) is 6.04. The molecule has 0 aliphatic carbocycles. The van der Waals surface area contributed by atoms with Crippen LogP contribution in [0.3, 0.4) is 0 Å². The van der Waals surface area contributed by atoms with E-state index in [1.54, 1.807) is 7.11 Å². The Labute approximate surface area is 142 Å². The fourth-order valence-corrected chi connectivity index (χ4v) is 3.01. The molecule has 24 heavy (non-hydrogen) atoms. The molecule has 1 aromatic carbocycles. The van der Waals surface area contributed by atoms with Crippen LogP contribution in [0.25, 0.3) is 0 Å². The zero-order chi connectivity index (χ0) is 17.1. The number of fused-ring (bicyclic) bond motifs is 1. The van der Waals surface area contributed by atoms with Crippen LogP contribution in [-0.2, 0) is 17.8 Å². The largest absolute Gasteiger partial charge is 0.481 e. The summed E-state index contributed by atoms with van der Waals surface area (Å²) in [4.78, 5) is 16.8. The molecule has 1 aliphatic rings. The minimum absolute atomic E-state index is 0.105. The molecular formula is C19H22N2O3. The van der Waals surface area contributed by atoms with E-state index in [-0.39, 0.29) is 5.91 Å². The average molecular weight is 326 g/mol. The summed E-state index contributed by atoms with van der Waals surface area (Å²) in [5.41, 5.74) is 4.00. The first-order valence-corrected chi connectivity index (χ1v) is 8.12. The third-order valence-corrected chi connectivity index (χ3v) is 4.28. The summed E-state index contributed by atoms with van der Waals surface area (Å²) in [7, 11) is 1.59. The zero-order valence-electron chi connectivity index (χ0n) is 14.3. The number of aryl methyl sites for hydroxylation is 3. The summed E-state index contributed by atoms with van der Waals surface area (Å²) in [5, 5.41) is 2.95. The van der Waals surface area contributed by atoms with Crippen LogP contribution in [0.15, 0.2) is 30.3 Å². The summed E-state index contributed by atoms with van der Waals surface area (Å²) in [6.45, 7) is 4.29. The molecule has 1 amide bonds. The maximum Gasteiger partial charge on any atom is 0.261 e. The molecule has 0 unspecified atom stereocenters. The van der Waals surface area contributed by atoms with E-state index >= 15 is 0 Å². The first-order chi connectivity index (χ1) is 11.6. The Bertz CT molecular complexity index is 758. The molecule has 3 rings (SSSR count). The number of carbonyl (C=O) groups excluding carboxylic acids is 1. The van der Waals surface area contributed by atoms with Crippen LogP contribution in [0.4, 0.5) is 0 Å². The Morgan fingerprint density at radius 1 is 1.38 bits per heavy atom. The van der Waals surface area contributed by atoms with E-state index in [0.717, 1.165) is 34.6 Å². The minimum atomic E-state index is -0.454. The lowest BCUT2D eigenvalue weighted by molar-refractivity contribution is -0.128. The Morgan fingerprint density at radius 3 is 2.96 bits per heavy atom. The van der Waals surface area contributed by atoms with Crippen molar-refractivity contribution in [1.82, 2.24) is 10.3 Å². The van der Waals surface area contributed by atoms with Crippen molar-refractivity contribution in [2.24, 2.45) is 0 Å². The van der Waals surface area contributed by atoms with Crippen LogP contribution in [0.2, 0.25) is 0 Å². The first-order valence-electron chi connectivity index (χ1n) is 8.12. The van der Waals surface area contributed by atoms with Gasteiger partial charge in [0, 0.05) is 17.8 Å². The molecule has 0 bridgehead atoms. The van der Waals surface area contributed by atoms with Crippen molar-refractivity contribution < 1.29 is 14.3 Å². The van der Waals surface area contributed by atoms with Crippen molar-refractivity contribution in [2.45, 2.75) is 39.3 Å². The fourth-order valence-electron chi connectivity index (χ4n) is 3.01. The van der Waals surface area contributed by atoms with Crippen molar-refractivity contribution in [2.75, 3.05) is 7.11 Å². The molecule has 0 saturated heterocycles. The number of benzene rings is 1. The highest BCUT2D eigenvalue weighted by Crippen LogP contribution is 2.27. The average Bonchev–Trinajstić information content (AvgIpc) is 2.59. The molecule has 0 fully saturated rings. The number of hydrogen-bond acceptors (Lipinski definition) is 4. The predicted molar refractivity (Wildman–Crippen MR) is 91.3 cm³/mol. The van der Waals surface area contributed by atoms with Gasteiger partial charge in [-0.3, -0.25) is 4.79 Å². The van der Waals surface area contributed by atoms with E-state index < -0.39 is 6.10 Å². The maximum absolute atomic E-state index is 12.5.